The molecule has 2 unspecified atom stereocenters. The second kappa shape index (κ2) is 8.67. The van der Waals surface area contributed by atoms with Crippen LogP contribution in [-0.4, -0.2) is 21.8 Å². The van der Waals surface area contributed by atoms with Gasteiger partial charge in [-0.15, -0.1) is 11.3 Å². The van der Waals surface area contributed by atoms with E-state index in [0.717, 1.165) is 11.3 Å². The zero-order chi connectivity index (χ0) is 22.9. The number of allylic oxidation sites excluding steroid dienone is 3. The van der Waals surface area contributed by atoms with Gasteiger partial charge in [0.05, 0.1) is 0 Å². The molecule has 0 fully saturated rings. The fourth-order valence-electron chi connectivity index (χ4n) is 4.69. The fraction of sp³-hybridized carbons (Fsp3) is 0.192. The second-order valence-electron chi connectivity index (χ2n) is 8.29. The number of aromatic hydroxyl groups is 1. The van der Waals surface area contributed by atoms with Crippen LogP contribution in [0.2, 0.25) is 0 Å². The summed E-state index contributed by atoms with van der Waals surface area (Å²) in [5.74, 6) is -0.0924. The van der Waals surface area contributed by atoms with Crippen LogP contribution in [0.15, 0.2) is 88.7 Å². The Hall–Kier alpha value is -3.71. The largest absolute Gasteiger partial charge is 0.508 e. The molecule has 166 valence electrons. The third kappa shape index (κ3) is 4.07. The number of pyridine rings is 1. The summed E-state index contributed by atoms with van der Waals surface area (Å²) < 4.78 is 0. The molecular weight excluding hydrogens is 434 g/mol. The minimum atomic E-state index is -0.526. The molecule has 3 aromatic rings. The number of nitrogens with zero attached hydrogens (tertiary/aromatic N) is 1. The molecule has 2 atom stereocenters. The Morgan fingerprint density at radius 2 is 1.94 bits per heavy atom. The van der Waals surface area contributed by atoms with E-state index in [9.17, 15) is 14.7 Å². The summed E-state index contributed by atoms with van der Waals surface area (Å²) in [4.78, 5) is 32.3. The van der Waals surface area contributed by atoms with Gasteiger partial charge < -0.3 is 15.7 Å². The first kappa shape index (κ1) is 21.2. The molecule has 3 heterocycles. The predicted molar refractivity (Wildman–Crippen MR) is 128 cm³/mol. The summed E-state index contributed by atoms with van der Waals surface area (Å²) in [6.45, 7) is 1.86. The fourth-order valence-corrected chi connectivity index (χ4v) is 5.52. The number of hydrogen-bond acceptors (Lipinski definition) is 6. The number of dihydropyridines is 1. The smallest absolute Gasteiger partial charge is 0.255 e. The van der Waals surface area contributed by atoms with Crippen molar-refractivity contribution >= 4 is 28.8 Å². The van der Waals surface area contributed by atoms with Crippen molar-refractivity contribution in [2.24, 2.45) is 0 Å². The number of rotatable bonds is 4. The number of nitrogens with one attached hydrogen (secondary N) is 2. The lowest BCUT2D eigenvalue weighted by Gasteiger charge is -2.36. The van der Waals surface area contributed by atoms with Gasteiger partial charge >= 0.3 is 0 Å². The van der Waals surface area contributed by atoms with Crippen molar-refractivity contribution in [2.75, 3.05) is 5.32 Å². The summed E-state index contributed by atoms with van der Waals surface area (Å²) in [6.07, 6.45) is 2.73. The summed E-state index contributed by atoms with van der Waals surface area (Å²) in [5, 5.41) is 18.1. The van der Waals surface area contributed by atoms with Gasteiger partial charge in [-0.05, 0) is 54.6 Å². The first-order valence-electron chi connectivity index (χ1n) is 10.8. The van der Waals surface area contributed by atoms with Crippen LogP contribution >= 0.6 is 11.3 Å². The standard InChI is InChI=1S/C26H23N3O3S/c1-15-23(26(32)29-22-6-2-3-11-27-22)24(16-7-9-18(30)10-8-16)25-19(28-15)13-17(14-20(25)31)21-5-4-12-33-21/h2-12,17,24,28,30H,13-14H2,1H3,(H,27,29,32). The Balaban J connectivity index is 1.57. The van der Waals surface area contributed by atoms with Gasteiger partial charge in [-0.1, -0.05) is 24.3 Å². The predicted octanol–water partition coefficient (Wildman–Crippen LogP) is 4.85. The second-order valence-corrected chi connectivity index (χ2v) is 9.27. The number of ketones is 1. The van der Waals surface area contributed by atoms with E-state index < -0.39 is 5.92 Å². The molecule has 0 bridgehead atoms. The molecule has 0 radical (unpaired) electrons. The van der Waals surface area contributed by atoms with Crippen molar-refractivity contribution in [3.05, 3.63) is 99.2 Å². The van der Waals surface area contributed by atoms with Gasteiger partial charge in [0.15, 0.2) is 5.78 Å². The van der Waals surface area contributed by atoms with Gasteiger partial charge in [-0.25, -0.2) is 4.98 Å². The van der Waals surface area contributed by atoms with E-state index in [1.807, 2.05) is 18.4 Å². The van der Waals surface area contributed by atoms with Crippen LogP contribution < -0.4 is 10.6 Å². The van der Waals surface area contributed by atoms with Crippen molar-refractivity contribution in [1.82, 2.24) is 10.3 Å². The third-order valence-electron chi connectivity index (χ3n) is 6.15. The Morgan fingerprint density at radius 3 is 2.64 bits per heavy atom. The average molecular weight is 458 g/mol. The van der Waals surface area contributed by atoms with Crippen molar-refractivity contribution < 1.29 is 14.7 Å². The van der Waals surface area contributed by atoms with Crippen LogP contribution in [0.3, 0.4) is 0 Å². The first-order chi connectivity index (χ1) is 16.0. The molecule has 1 amide bonds. The minimum Gasteiger partial charge on any atom is -0.508 e. The van der Waals surface area contributed by atoms with Gasteiger partial charge in [0.2, 0.25) is 0 Å². The molecule has 1 aromatic carbocycles. The number of Topliss-reactive ketones (excluding diaryl/α,β-unsaturated/α-hetero) is 1. The van der Waals surface area contributed by atoms with E-state index in [1.54, 1.807) is 60.0 Å². The summed E-state index contributed by atoms with van der Waals surface area (Å²) in [7, 11) is 0. The molecule has 3 N–H and O–H groups in total. The van der Waals surface area contributed by atoms with E-state index in [2.05, 4.69) is 21.7 Å². The Kier molecular flexibility index (Phi) is 5.56. The van der Waals surface area contributed by atoms with Crippen LogP contribution in [0.5, 0.6) is 5.75 Å². The molecule has 0 spiro atoms. The van der Waals surface area contributed by atoms with Crippen molar-refractivity contribution in [2.45, 2.75) is 31.6 Å². The highest BCUT2D eigenvalue weighted by molar-refractivity contribution is 7.10. The molecule has 7 heteroatoms. The van der Waals surface area contributed by atoms with Gasteiger partial charge in [-0.2, -0.15) is 0 Å². The highest BCUT2D eigenvalue weighted by Gasteiger charge is 2.41. The van der Waals surface area contributed by atoms with Crippen LogP contribution in [0, 0.1) is 0 Å². The molecule has 6 nitrogen and oxygen atoms in total. The zero-order valence-corrected chi connectivity index (χ0v) is 18.9. The Labute approximate surface area is 195 Å². The van der Waals surface area contributed by atoms with Crippen molar-refractivity contribution in [3.63, 3.8) is 0 Å². The highest BCUT2D eigenvalue weighted by Crippen LogP contribution is 2.46. The Morgan fingerprint density at radius 1 is 1.12 bits per heavy atom. The van der Waals surface area contributed by atoms with Crippen LogP contribution in [-0.2, 0) is 9.59 Å². The number of benzene rings is 1. The molecule has 1 aliphatic carbocycles. The molecule has 33 heavy (non-hydrogen) atoms. The lowest BCUT2D eigenvalue weighted by atomic mass is 9.72. The molecule has 5 rings (SSSR count). The van der Waals surface area contributed by atoms with Crippen molar-refractivity contribution in [3.8, 4) is 5.75 Å². The summed E-state index contributed by atoms with van der Waals surface area (Å²) >= 11 is 1.66. The van der Waals surface area contributed by atoms with Crippen LogP contribution in [0.4, 0.5) is 5.82 Å². The lowest BCUT2D eigenvalue weighted by molar-refractivity contribution is -0.116. The number of amides is 1. The minimum absolute atomic E-state index is 0.0378. The lowest BCUT2D eigenvalue weighted by Crippen LogP contribution is -2.37. The van der Waals surface area contributed by atoms with E-state index in [-0.39, 0.29) is 23.4 Å². The number of aromatic nitrogens is 1. The maximum absolute atomic E-state index is 13.5. The Bertz CT molecular complexity index is 1260. The SMILES string of the molecule is CC1=C(C(=O)Nc2ccccn2)C(c2ccc(O)cc2)C2=C(CC(c3cccs3)CC2=O)N1. The van der Waals surface area contributed by atoms with E-state index >= 15 is 0 Å². The van der Waals surface area contributed by atoms with Crippen LogP contribution in [0.25, 0.3) is 0 Å². The number of carbonyl (C=O) groups is 2. The van der Waals surface area contributed by atoms with E-state index in [4.69, 9.17) is 0 Å². The number of phenolic OH excluding ortho intramolecular Hbond substituents is 1. The molecule has 2 aromatic heterocycles. The molecule has 2 aliphatic rings. The van der Waals surface area contributed by atoms with Gasteiger partial charge in [-0.3, -0.25) is 9.59 Å². The summed E-state index contributed by atoms with van der Waals surface area (Å²) in [5.41, 5.74) is 3.48. The van der Waals surface area contributed by atoms with Gasteiger partial charge in [0, 0.05) is 51.9 Å². The number of thiophene rings is 1. The maximum Gasteiger partial charge on any atom is 0.255 e. The average Bonchev–Trinajstić information content (AvgIpc) is 3.34. The molecule has 0 saturated heterocycles. The topological polar surface area (TPSA) is 91.3 Å². The molecular formula is C26H23N3O3S. The molecule has 0 saturated carbocycles. The zero-order valence-electron chi connectivity index (χ0n) is 18.0. The third-order valence-corrected chi connectivity index (χ3v) is 7.19. The molecule has 1 aliphatic heterocycles. The quantitative estimate of drug-likeness (QED) is 0.521. The van der Waals surface area contributed by atoms with Gasteiger partial charge in [0.1, 0.15) is 11.6 Å². The van der Waals surface area contributed by atoms with E-state index in [1.165, 1.54) is 4.88 Å². The summed E-state index contributed by atoms with van der Waals surface area (Å²) in [6, 6.07) is 16.1. The van der Waals surface area contributed by atoms with E-state index in [0.29, 0.717) is 35.5 Å². The van der Waals surface area contributed by atoms with Crippen molar-refractivity contribution in [1.29, 1.82) is 0 Å². The first-order valence-corrected chi connectivity index (χ1v) is 11.7. The van der Waals surface area contributed by atoms with Gasteiger partial charge in [0.25, 0.3) is 5.91 Å². The number of hydrogen-bond donors (Lipinski definition) is 3. The monoisotopic (exact) mass is 457 g/mol. The highest BCUT2D eigenvalue weighted by atomic mass is 32.1. The normalized spacial score (nSPS) is 20.3. The maximum atomic E-state index is 13.5. The number of carbonyl (C=O) groups excluding carboxylic acids is 2. The van der Waals surface area contributed by atoms with Crippen LogP contribution in [0.1, 0.15) is 42.0 Å². The number of phenols is 1. The number of anilines is 1.